The second-order valence-electron chi connectivity index (χ2n) is 8.33. The van der Waals surface area contributed by atoms with Crippen LogP contribution in [0.4, 0.5) is 5.69 Å². The number of rotatable bonds is 4. The summed E-state index contributed by atoms with van der Waals surface area (Å²) < 4.78 is 0. The zero-order valence-corrected chi connectivity index (χ0v) is 19.0. The molecule has 2 aliphatic rings. The number of nitrogens with zero attached hydrogens (tertiary/aromatic N) is 1. The molecule has 154 valence electrons. The summed E-state index contributed by atoms with van der Waals surface area (Å²) in [6.07, 6.45) is 0. The molecule has 0 bridgehead atoms. The molecular formula is C30H23NS. The summed E-state index contributed by atoms with van der Waals surface area (Å²) in [5.74, 6) is 0. The van der Waals surface area contributed by atoms with Crippen LogP contribution < -0.4 is 4.90 Å². The highest BCUT2D eigenvalue weighted by atomic mass is 32.2. The summed E-state index contributed by atoms with van der Waals surface area (Å²) in [5.41, 5.74) is 11.8. The summed E-state index contributed by atoms with van der Waals surface area (Å²) in [5, 5.41) is 0. The zero-order chi connectivity index (χ0) is 21.7. The molecule has 6 rings (SSSR count). The molecule has 4 aromatic rings. The normalized spacial score (nSPS) is 13.8. The lowest BCUT2D eigenvalue weighted by Gasteiger charge is -2.23. The zero-order valence-electron chi connectivity index (χ0n) is 18.2. The van der Waals surface area contributed by atoms with Crippen molar-refractivity contribution in [2.75, 3.05) is 11.9 Å². The summed E-state index contributed by atoms with van der Waals surface area (Å²) >= 11 is 1.88. The molecular weight excluding hydrogens is 406 g/mol. The van der Waals surface area contributed by atoms with Gasteiger partial charge >= 0.3 is 0 Å². The Balaban J connectivity index is 1.61. The van der Waals surface area contributed by atoms with Crippen LogP contribution in [0.2, 0.25) is 0 Å². The van der Waals surface area contributed by atoms with Crippen LogP contribution in [0.25, 0.3) is 21.7 Å². The average molecular weight is 430 g/mol. The van der Waals surface area contributed by atoms with Gasteiger partial charge in [-0.25, -0.2) is 0 Å². The van der Waals surface area contributed by atoms with Gasteiger partial charge in [-0.15, -0.1) is 0 Å². The van der Waals surface area contributed by atoms with Crippen molar-refractivity contribution in [3.05, 3.63) is 131 Å². The summed E-state index contributed by atoms with van der Waals surface area (Å²) in [6, 6.07) is 37.2. The van der Waals surface area contributed by atoms with Gasteiger partial charge in [0.2, 0.25) is 0 Å². The second kappa shape index (κ2) is 7.58. The quantitative estimate of drug-likeness (QED) is 0.323. The van der Waals surface area contributed by atoms with Crippen LogP contribution in [0.1, 0.15) is 27.8 Å². The van der Waals surface area contributed by atoms with Gasteiger partial charge in [0.25, 0.3) is 0 Å². The van der Waals surface area contributed by atoms with Gasteiger partial charge < -0.3 is 4.90 Å². The van der Waals surface area contributed by atoms with Gasteiger partial charge in [0.15, 0.2) is 0 Å². The molecule has 0 heterocycles. The van der Waals surface area contributed by atoms with E-state index in [0.29, 0.717) is 0 Å². The number of thioether (sulfide) groups is 1. The predicted molar refractivity (Wildman–Crippen MR) is 138 cm³/mol. The summed E-state index contributed by atoms with van der Waals surface area (Å²) in [7, 11) is 2.19. The Morgan fingerprint density at radius 3 is 1.81 bits per heavy atom. The Labute approximate surface area is 193 Å². The molecule has 0 N–H and O–H groups in total. The topological polar surface area (TPSA) is 3.24 Å². The molecule has 0 aliphatic heterocycles. The molecule has 32 heavy (non-hydrogen) atoms. The minimum Gasteiger partial charge on any atom is -0.344 e. The van der Waals surface area contributed by atoms with Crippen LogP contribution >= 0.6 is 11.8 Å². The van der Waals surface area contributed by atoms with Gasteiger partial charge in [0, 0.05) is 39.2 Å². The summed E-state index contributed by atoms with van der Waals surface area (Å²) in [6.45, 7) is 2.14. The van der Waals surface area contributed by atoms with Gasteiger partial charge in [-0.3, -0.25) is 0 Å². The molecule has 1 nitrogen and oxygen atoms in total. The second-order valence-corrected chi connectivity index (χ2v) is 9.41. The van der Waals surface area contributed by atoms with E-state index in [1.54, 1.807) is 0 Å². The average Bonchev–Trinajstić information content (AvgIpc) is 3.34. The van der Waals surface area contributed by atoms with Crippen LogP contribution in [-0.2, 0) is 0 Å². The maximum Gasteiger partial charge on any atom is 0.0574 e. The van der Waals surface area contributed by atoms with Crippen LogP contribution in [0.5, 0.6) is 0 Å². The van der Waals surface area contributed by atoms with Gasteiger partial charge in [0.1, 0.15) is 0 Å². The molecule has 4 aromatic carbocycles. The number of hydrogen-bond acceptors (Lipinski definition) is 2. The lowest BCUT2D eigenvalue weighted by atomic mass is 10.0. The third-order valence-electron chi connectivity index (χ3n) is 6.33. The minimum atomic E-state index is 1.20. The lowest BCUT2D eigenvalue weighted by molar-refractivity contribution is 1.23. The Morgan fingerprint density at radius 2 is 1.12 bits per heavy atom. The van der Waals surface area contributed by atoms with E-state index in [1.165, 1.54) is 60.1 Å². The van der Waals surface area contributed by atoms with E-state index >= 15 is 0 Å². The Hall–Kier alpha value is -3.49. The van der Waals surface area contributed by atoms with E-state index in [9.17, 15) is 0 Å². The number of hydrogen-bond donors (Lipinski definition) is 0. The van der Waals surface area contributed by atoms with Crippen molar-refractivity contribution in [2.24, 2.45) is 0 Å². The Kier molecular flexibility index (Phi) is 4.55. The molecule has 2 heteroatoms. The van der Waals surface area contributed by atoms with Crippen molar-refractivity contribution in [1.82, 2.24) is 0 Å². The van der Waals surface area contributed by atoms with Crippen molar-refractivity contribution in [2.45, 2.75) is 11.8 Å². The van der Waals surface area contributed by atoms with Crippen LogP contribution in [0.3, 0.4) is 0 Å². The van der Waals surface area contributed by atoms with Crippen molar-refractivity contribution in [3.63, 3.8) is 0 Å². The van der Waals surface area contributed by atoms with E-state index in [-0.39, 0.29) is 0 Å². The fourth-order valence-electron chi connectivity index (χ4n) is 4.79. The van der Waals surface area contributed by atoms with E-state index in [4.69, 9.17) is 0 Å². The molecule has 0 unspecified atom stereocenters. The predicted octanol–water partition coefficient (Wildman–Crippen LogP) is 7.99. The molecule has 0 amide bonds. The Bertz CT molecular complexity index is 1390. The standard InChI is InChI=1S/C30H23NS/c1-20-16-18-22(19-17-20)32-30-26-15-9-7-13-24(26)27-28(30)23-12-6-8-14-25(23)29(27)31(2)21-10-4-3-5-11-21/h3-19H,1-2H3. The first kappa shape index (κ1) is 19.2. The maximum atomic E-state index is 2.34. The van der Waals surface area contributed by atoms with Crippen LogP contribution in [0.15, 0.2) is 108 Å². The van der Waals surface area contributed by atoms with E-state index in [0.717, 1.165) is 0 Å². The highest BCUT2D eigenvalue weighted by Crippen LogP contribution is 2.59. The van der Waals surface area contributed by atoms with Crippen LogP contribution in [0, 0.1) is 6.92 Å². The van der Waals surface area contributed by atoms with Crippen LogP contribution in [-0.4, -0.2) is 7.05 Å². The van der Waals surface area contributed by atoms with Gasteiger partial charge in [-0.1, -0.05) is 96.2 Å². The van der Waals surface area contributed by atoms with Gasteiger partial charge in [-0.2, -0.15) is 0 Å². The van der Waals surface area contributed by atoms with E-state index < -0.39 is 0 Å². The highest BCUT2D eigenvalue weighted by molar-refractivity contribution is 8.08. The third kappa shape index (κ3) is 2.95. The molecule has 0 fully saturated rings. The summed E-state index contributed by atoms with van der Waals surface area (Å²) in [4.78, 5) is 4.97. The molecule has 0 saturated heterocycles. The smallest absolute Gasteiger partial charge is 0.0574 e. The van der Waals surface area contributed by atoms with E-state index in [2.05, 4.69) is 122 Å². The largest absolute Gasteiger partial charge is 0.344 e. The van der Waals surface area contributed by atoms with Gasteiger partial charge in [-0.05, 0) is 47.9 Å². The first-order valence-corrected chi connectivity index (χ1v) is 11.8. The van der Waals surface area contributed by atoms with Crippen molar-refractivity contribution in [3.8, 4) is 0 Å². The number of anilines is 1. The first-order chi connectivity index (χ1) is 15.7. The maximum absolute atomic E-state index is 2.34. The first-order valence-electron chi connectivity index (χ1n) is 10.9. The van der Waals surface area contributed by atoms with Crippen molar-refractivity contribution < 1.29 is 0 Å². The van der Waals surface area contributed by atoms with Crippen molar-refractivity contribution >= 4 is 39.2 Å². The van der Waals surface area contributed by atoms with E-state index in [1.807, 2.05) is 11.8 Å². The fraction of sp³-hybridized carbons (Fsp3) is 0.0667. The molecule has 0 radical (unpaired) electrons. The number of aryl methyl sites for hydroxylation is 1. The number of fused-ring (bicyclic) bond motifs is 5. The molecule has 2 aliphatic carbocycles. The third-order valence-corrected chi connectivity index (χ3v) is 7.46. The number of allylic oxidation sites excluding steroid dienone is 2. The molecule has 0 saturated carbocycles. The van der Waals surface area contributed by atoms with Crippen molar-refractivity contribution in [1.29, 1.82) is 0 Å². The minimum absolute atomic E-state index is 1.20. The molecule has 0 aromatic heterocycles. The molecule has 0 atom stereocenters. The lowest BCUT2D eigenvalue weighted by Crippen LogP contribution is -2.15. The Morgan fingerprint density at radius 1 is 0.562 bits per heavy atom. The van der Waals surface area contributed by atoms with Gasteiger partial charge in [0.05, 0.1) is 5.70 Å². The number of benzene rings is 4. The number of para-hydroxylation sites is 1. The SMILES string of the molecule is Cc1ccc(SC2=C3C(=C(N(C)c4ccccc4)c4ccccc43)c3ccccc32)cc1. The fourth-order valence-corrected chi connectivity index (χ4v) is 5.90. The highest BCUT2D eigenvalue weighted by Gasteiger charge is 2.38. The monoisotopic (exact) mass is 429 g/mol. The molecule has 0 spiro atoms.